The molecule has 0 fully saturated rings. The number of rotatable bonds is 7. The summed E-state index contributed by atoms with van der Waals surface area (Å²) in [5, 5.41) is 9.42. The number of hydrogen-bond acceptors (Lipinski definition) is 5. The van der Waals surface area contributed by atoms with Gasteiger partial charge in [-0.15, -0.1) is 0 Å². The van der Waals surface area contributed by atoms with Crippen molar-refractivity contribution in [2.45, 2.75) is 0 Å². The Morgan fingerprint density at radius 2 is 1.69 bits per heavy atom. The van der Waals surface area contributed by atoms with Crippen LogP contribution in [0.1, 0.15) is 16.1 Å². The van der Waals surface area contributed by atoms with Crippen LogP contribution < -0.4 is 20.7 Å². The molecule has 0 atom stereocenters. The molecule has 4 aromatic rings. The summed E-state index contributed by atoms with van der Waals surface area (Å²) < 4.78 is 11.1. The zero-order valence-corrected chi connectivity index (χ0v) is 23.3. The van der Waals surface area contributed by atoms with Crippen LogP contribution in [-0.2, 0) is 4.79 Å². The number of carbonyl (C=O) groups excluding carboxylic acids is 2. The van der Waals surface area contributed by atoms with E-state index in [1.54, 1.807) is 72.8 Å². The minimum absolute atomic E-state index is 0.0606. The van der Waals surface area contributed by atoms with Crippen molar-refractivity contribution < 1.29 is 18.7 Å². The predicted octanol–water partition coefficient (Wildman–Crippen LogP) is 7.69. The van der Waals surface area contributed by atoms with E-state index in [2.05, 4.69) is 16.0 Å². The third-order valence-corrected chi connectivity index (χ3v) is 6.66. The molecular formula is C28H20Cl3N3O4S. The molecule has 198 valence electrons. The number of hydrogen-bond donors (Lipinski definition) is 3. The minimum atomic E-state index is -0.471. The standard InChI is InChI=1S/C28H20Cl3N3O4S/c1-37-24-15-16(9-12-22(24)33-27(36)18-5-2-3-7-20(18)29)32-28(39)34-25(35)14-11-17-10-13-23(38-17)19-6-4-8-21(30)26(19)31/h2-15H,1H3,(H,33,36)(H2,32,34,35,39). The van der Waals surface area contributed by atoms with Crippen molar-refractivity contribution in [3.63, 3.8) is 0 Å². The first-order chi connectivity index (χ1) is 18.7. The number of furan rings is 1. The van der Waals surface area contributed by atoms with E-state index >= 15 is 0 Å². The van der Waals surface area contributed by atoms with Crippen molar-refractivity contribution in [1.29, 1.82) is 0 Å². The molecule has 39 heavy (non-hydrogen) atoms. The summed E-state index contributed by atoms with van der Waals surface area (Å²) in [4.78, 5) is 25.0. The van der Waals surface area contributed by atoms with Crippen molar-refractivity contribution in [3.8, 4) is 17.1 Å². The van der Waals surface area contributed by atoms with Crippen LogP contribution in [0, 0.1) is 0 Å². The number of benzene rings is 3. The minimum Gasteiger partial charge on any atom is -0.494 e. The molecule has 2 amide bonds. The van der Waals surface area contributed by atoms with Crippen LogP contribution in [0.25, 0.3) is 17.4 Å². The molecule has 0 unspecified atom stereocenters. The highest BCUT2D eigenvalue weighted by Gasteiger charge is 2.14. The maximum Gasteiger partial charge on any atom is 0.257 e. The summed E-state index contributed by atoms with van der Waals surface area (Å²) >= 11 is 23.7. The van der Waals surface area contributed by atoms with Gasteiger partial charge in [0, 0.05) is 23.4 Å². The molecule has 0 saturated heterocycles. The summed E-state index contributed by atoms with van der Waals surface area (Å²) in [6, 6.07) is 20.3. The second-order valence-electron chi connectivity index (χ2n) is 7.93. The lowest BCUT2D eigenvalue weighted by Gasteiger charge is -2.14. The Labute approximate surface area is 244 Å². The number of thiocarbonyl (C=S) groups is 1. The van der Waals surface area contributed by atoms with Crippen LogP contribution in [0.4, 0.5) is 11.4 Å². The Morgan fingerprint density at radius 3 is 2.46 bits per heavy atom. The fourth-order valence-electron chi connectivity index (χ4n) is 3.46. The van der Waals surface area contributed by atoms with Gasteiger partial charge in [-0.3, -0.25) is 14.9 Å². The summed E-state index contributed by atoms with van der Waals surface area (Å²) in [5.74, 6) is 0.479. The van der Waals surface area contributed by atoms with E-state index in [0.29, 0.717) is 54.8 Å². The Bertz CT molecular complexity index is 1590. The molecule has 0 bridgehead atoms. The maximum atomic E-state index is 12.6. The molecule has 0 radical (unpaired) electrons. The highest BCUT2D eigenvalue weighted by Crippen LogP contribution is 2.34. The van der Waals surface area contributed by atoms with Crippen LogP contribution in [0.15, 0.2) is 83.3 Å². The van der Waals surface area contributed by atoms with Gasteiger partial charge in [0.15, 0.2) is 5.11 Å². The monoisotopic (exact) mass is 599 g/mol. The van der Waals surface area contributed by atoms with Gasteiger partial charge in [-0.05, 0) is 66.8 Å². The molecule has 0 aliphatic rings. The van der Waals surface area contributed by atoms with Crippen LogP contribution in [0.2, 0.25) is 15.1 Å². The molecule has 3 N–H and O–H groups in total. The lowest BCUT2D eigenvalue weighted by molar-refractivity contribution is -0.115. The molecule has 4 rings (SSSR count). The van der Waals surface area contributed by atoms with E-state index in [-0.39, 0.29) is 11.0 Å². The lowest BCUT2D eigenvalue weighted by Crippen LogP contribution is -2.32. The highest BCUT2D eigenvalue weighted by atomic mass is 35.5. The average molecular weight is 601 g/mol. The third kappa shape index (κ3) is 7.19. The SMILES string of the molecule is COc1cc(NC(=S)NC(=O)C=Cc2ccc(-c3cccc(Cl)c3Cl)o2)ccc1NC(=O)c1ccccc1Cl. The highest BCUT2D eigenvalue weighted by molar-refractivity contribution is 7.80. The number of nitrogens with one attached hydrogen (secondary N) is 3. The maximum absolute atomic E-state index is 12.6. The van der Waals surface area contributed by atoms with Gasteiger partial charge in [-0.25, -0.2) is 0 Å². The van der Waals surface area contributed by atoms with E-state index in [4.69, 9.17) is 56.2 Å². The Balaban J connectivity index is 1.35. The fraction of sp³-hybridized carbons (Fsp3) is 0.0357. The summed E-state index contributed by atoms with van der Waals surface area (Å²) in [5.41, 5.74) is 1.94. The van der Waals surface area contributed by atoms with Gasteiger partial charge >= 0.3 is 0 Å². The number of anilines is 2. The Hall–Kier alpha value is -3.82. The number of ether oxygens (including phenoxy) is 1. The van der Waals surface area contributed by atoms with Gasteiger partial charge in [0.2, 0.25) is 5.91 Å². The molecule has 1 heterocycles. The molecule has 1 aromatic heterocycles. The molecule has 0 spiro atoms. The normalized spacial score (nSPS) is 10.8. The van der Waals surface area contributed by atoms with Crippen molar-refractivity contribution in [2.75, 3.05) is 17.7 Å². The Morgan fingerprint density at radius 1 is 0.923 bits per heavy atom. The molecule has 7 nitrogen and oxygen atoms in total. The van der Waals surface area contributed by atoms with Crippen LogP contribution in [-0.4, -0.2) is 24.0 Å². The lowest BCUT2D eigenvalue weighted by atomic mass is 10.2. The first-order valence-electron chi connectivity index (χ1n) is 11.3. The second kappa shape index (κ2) is 12.8. The molecule has 3 aromatic carbocycles. The summed E-state index contributed by atoms with van der Waals surface area (Å²) in [7, 11) is 1.47. The topological polar surface area (TPSA) is 92.6 Å². The van der Waals surface area contributed by atoms with E-state index in [9.17, 15) is 9.59 Å². The molecule has 0 aliphatic carbocycles. The molecule has 0 aliphatic heterocycles. The number of halogens is 3. The van der Waals surface area contributed by atoms with Crippen LogP contribution in [0.3, 0.4) is 0 Å². The van der Waals surface area contributed by atoms with Gasteiger partial charge in [0.25, 0.3) is 5.91 Å². The van der Waals surface area contributed by atoms with E-state index in [0.717, 1.165) is 0 Å². The quantitative estimate of drug-likeness (QED) is 0.149. The van der Waals surface area contributed by atoms with Crippen LogP contribution in [0.5, 0.6) is 5.75 Å². The van der Waals surface area contributed by atoms with E-state index in [1.165, 1.54) is 19.3 Å². The zero-order valence-electron chi connectivity index (χ0n) is 20.3. The van der Waals surface area contributed by atoms with Gasteiger partial charge in [-0.2, -0.15) is 0 Å². The first kappa shape index (κ1) is 28.2. The van der Waals surface area contributed by atoms with Gasteiger partial charge in [0.05, 0.1) is 33.4 Å². The zero-order chi connectivity index (χ0) is 27.9. The van der Waals surface area contributed by atoms with Gasteiger partial charge < -0.3 is 19.8 Å². The number of amides is 2. The first-order valence-corrected chi connectivity index (χ1v) is 12.9. The molecular weight excluding hydrogens is 581 g/mol. The van der Waals surface area contributed by atoms with Gasteiger partial charge in [-0.1, -0.05) is 53.0 Å². The fourth-order valence-corrected chi connectivity index (χ4v) is 4.30. The smallest absolute Gasteiger partial charge is 0.257 e. The Kier molecular flexibility index (Phi) is 9.27. The van der Waals surface area contributed by atoms with Crippen molar-refractivity contribution in [3.05, 3.63) is 105 Å². The third-order valence-electron chi connectivity index (χ3n) is 5.31. The molecule has 0 saturated carbocycles. The van der Waals surface area contributed by atoms with Crippen molar-refractivity contribution in [2.24, 2.45) is 0 Å². The average Bonchev–Trinajstić information content (AvgIpc) is 3.39. The number of methoxy groups -OCH3 is 1. The predicted molar refractivity (Wildman–Crippen MR) is 160 cm³/mol. The van der Waals surface area contributed by atoms with Crippen LogP contribution >= 0.6 is 47.0 Å². The molecule has 11 heteroatoms. The summed E-state index contributed by atoms with van der Waals surface area (Å²) in [6.07, 6.45) is 2.78. The largest absolute Gasteiger partial charge is 0.494 e. The van der Waals surface area contributed by atoms with E-state index in [1.807, 2.05) is 0 Å². The second-order valence-corrected chi connectivity index (χ2v) is 9.53. The summed E-state index contributed by atoms with van der Waals surface area (Å²) in [6.45, 7) is 0. The van der Waals surface area contributed by atoms with E-state index < -0.39 is 5.91 Å². The van der Waals surface area contributed by atoms with Gasteiger partial charge in [0.1, 0.15) is 17.3 Å². The number of carbonyl (C=O) groups is 2. The van der Waals surface area contributed by atoms with Crippen molar-refractivity contribution in [1.82, 2.24) is 5.32 Å². The van der Waals surface area contributed by atoms with Crippen molar-refractivity contribution >= 4 is 81.4 Å².